The van der Waals surface area contributed by atoms with Crippen LogP contribution in [0.2, 0.25) is 0 Å². The summed E-state index contributed by atoms with van der Waals surface area (Å²) in [6, 6.07) is 0.327. The van der Waals surface area contributed by atoms with E-state index >= 15 is 0 Å². The van der Waals surface area contributed by atoms with Crippen molar-refractivity contribution in [3.8, 4) is 0 Å². The Morgan fingerprint density at radius 3 is 1.74 bits per heavy atom. The summed E-state index contributed by atoms with van der Waals surface area (Å²) >= 11 is 0. The maximum Gasteiger partial charge on any atom is 0.290 e. The number of rotatable bonds is 12. The van der Waals surface area contributed by atoms with Gasteiger partial charge in [0.05, 0.1) is 18.7 Å². The summed E-state index contributed by atoms with van der Waals surface area (Å²) < 4.78 is 5.48. The van der Waals surface area contributed by atoms with Gasteiger partial charge in [-0.15, -0.1) is 0 Å². The largest absolute Gasteiger partial charge is 0.520 e. The molecule has 3 amide bonds. The van der Waals surface area contributed by atoms with Crippen LogP contribution in [0.1, 0.15) is 74.7 Å². The van der Waals surface area contributed by atoms with Gasteiger partial charge in [0.1, 0.15) is 0 Å². The van der Waals surface area contributed by atoms with Gasteiger partial charge in [-0.3, -0.25) is 14.4 Å². The molecule has 0 radical (unpaired) electrons. The van der Waals surface area contributed by atoms with Crippen LogP contribution in [-0.2, 0) is 23.9 Å². The van der Waals surface area contributed by atoms with E-state index < -0.39 is 0 Å². The van der Waals surface area contributed by atoms with Gasteiger partial charge in [-0.25, -0.2) is 0 Å². The molecule has 0 spiro atoms. The van der Waals surface area contributed by atoms with Crippen molar-refractivity contribution >= 4 is 25.2 Å². The Kier molecular flexibility index (Phi) is 33.7. The Bertz CT molecular complexity index is 480. The van der Waals surface area contributed by atoms with Crippen molar-refractivity contribution < 1.29 is 29.0 Å². The predicted molar refractivity (Wildman–Crippen MR) is 134 cm³/mol. The van der Waals surface area contributed by atoms with E-state index in [4.69, 9.17) is 14.6 Å². The van der Waals surface area contributed by atoms with Crippen LogP contribution in [0.3, 0.4) is 0 Å². The van der Waals surface area contributed by atoms with E-state index in [0.717, 1.165) is 12.8 Å². The molecule has 0 fully saturated rings. The normalized spacial score (nSPS) is 12.7. The van der Waals surface area contributed by atoms with Gasteiger partial charge in [0, 0.05) is 14.2 Å². The molecule has 0 aromatic rings. The van der Waals surface area contributed by atoms with Gasteiger partial charge in [-0.1, -0.05) is 61.3 Å². The van der Waals surface area contributed by atoms with Gasteiger partial charge in [0.2, 0.25) is 12.3 Å². The molecule has 0 bridgehead atoms. The Hall–Kier alpha value is -3.16. The summed E-state index contributed by atoms with van der Waals surface area (Å²) in [5.74, 6) is 0.763. The SMILES string of the molecule is CC(C)C(C)N(C)[C-]=O.CCC.CCC(C)C(C(CC)OC)N(C)C(=O)CNC=O.O=CO.[Fm]. The molecule has 0 saturated carbocycles. The molecule has 0 rings (SSSR count). The third kappa shape index (κ3) is 20.7. The van der Waals surface area contributed by atoms with E-state index in [1.165, 1.54) is 6.42 Å². The Morgan fingerprint density at radius 2 is 1.50 bits per heavy atom. The number of likely N-dealkylation sites (N-methyl/N-ethyl adjacent to an activating group) is 1. The van der Waals surface area contributed by atoms with E-state index in [1.54, 1.807) is 31.0 Å². The second-order valence-electron chi connectivity index (χ2n) is 8.06. The third-order valence-corrected chi connectivity index (χ3v) is 5.21. The molecule has 210 valence electrons. The number of hydrogen-bond donors (Lipinski definition) is 2. The Morgan fingerprint density at radius 1 is 1.06 bits per heavy atom. The molecule has 4 unspecified atom stereocenters. The molecule has 34 heavy (non-hydrogen) atoms. The Balaban J connectivity index is -0.000000146. The zero-order valence-electron chi connectivity index (χ0n) is 23.0. The van der Waals surface area contributed by atoms with Crippen LogP contribution in [0.5, 0.6) is 0 Å². The minimum Gasteiger partial charge on any atom is -0.520 e. The fourth-order valence-corrected chi connectivity index (χ4v) is 2.74. The smallest absolute Gasteiger partial charge is 0.290 e. The van der Waals surface area contributed by atoms with Crippen molar-refractivity contribution in [2.24, 2.45) is 11.8 Å². The molecule has 10 heteroatoms. The van der Waals surface area contributed by atoms with Crippen molar-refractivity contribution in [1.29, 1.82) is 0 Å². The fraction of sp³-hybridized carbons (Fsp3) is 0.833. The van der Waals surface area contributed by atoms with Crippen molar-refractivity contribution in [2.45, 2.75) is 92.8 Å². The first-order valence-electron chi connectivity index (χ1n) is 11.6. The van der Waals surface area contributed by atoms with Crippen molar-refractivity contribution in [2.75, 3.05) is 27.7 Å². The first-order valence-corrected chi connectivity index (χ1v) is 11.6. The minimum atomic E-state index is -0.250. The molecule has 4 atom stereocenters. The standard InChI is InChI=1S/C13H26N2O3.C7H14NO.C3H8.CH2O2.Fm/c1-6-10(3)13(11(7-2)18-5)15(4)12(17)8-14-9-16;1-6(2)7(3)8(4)5-9;1-3-2;2-1-3;/h9-11,13H,6-8H2,1-5H3,(H,14,16);6-7H,1-4H3;3H2,1-2H3;1H,(H,2,3);/q;-1;;;. The first-order chi connectivity index (χ1) is 15.4. The summed E-state index contributed by atoms with van der Waals surface area (Å²) in [5, 5.41) is 9.29. The molecule has 0 aromatic carbocycles. The monoisotopic (exact) mass is 733 g/mol. The van der Waals surface area contributed by atoms with Crippen molar-refractivity contribution in [3.63, 3.8) is 0 Å². The van der Waals surface area contributed by atoms with Gasteiger partial charge in [0.15, 0.2) is 0 Å². The second-order valence-corrected chi connectivity index (χ2v) is 8.06. The molecule has 0 saturated heterocycles. The molecule has 2 N–H and O–H groups in total. The average Bonchev–Trinajstić information content (AvgIpc) is 2.80. The first kappa shape index (κ1) is 41.1. The number of carbonyl (C=O) groups excluding carboxylic acids is 3. The number of nitrogens with zero attached hydrogens (tertiary/aromatic N) is 2. The van der Waals surface area contributed by atoms with Crippen LogP contribution in [0.25, 0.3) is 0 Å². The maximum absolute atomic E-state index is 11.9. The fourth-order valence-electron chi connectivity index (χ4n) is 2.74. The maximum atomic E-state index is 11.9. The van der Waals surface area contributed by atoms with Crippen LogP contribution < -0.4 is 5.32 Å². The molecule has 0 heterocycles. The zero-order chi connectivity index (χ0) is 27.0. The van der Waals surface area contributed by atoms with E-state index in [1.807, 2.05) is 20.3 Å². The predicted octanol–water partition coefficient (Wildman–Crippen LogP) is 3.18. The number of amides is 3. The van der Waals surface area contributed by atoms with Gasteiger partial charge in [-0.2, -0.15) is 6.41 Å². The number of ether oxygens (including phenoxy) is 1. The second kappa shape index (κ2) is 27.9. The van der Waals surface area contributed by atoms with E-state index in [0.29, 0.717) is 24.3 Å². The summed E-state index contributed by atoms with van der Waals surface area (Å²) in [6.07, 6.45) is 5.46. The molecule has 0 aromatic heterocycles. The van der Waals surface area contributed by atoms with Crippen LogP contribution in [0, 0.1) is 11.8 Å². The molecule has 0 aliphatic heterocycles. The molecule has 0 aliphatic rings. The summed E-state index contributed by atoms with van der Waals surface area (Å²) in [5.41, 5.74) is 0. The number of carbonyl (C=O) groups is 3. The number of methoxy groups -OCH3 is 1. The number of nitrogens with one attached hydrogen (secondary N) is 1. The van der Waals surface area contributed by atoms with Crippen LogP contribution in [0.4, 0.5) is 0 Å². The number of carboxylic acid groups (broad SMARTS) is 1. The van der Waals surface area contributed by atoms with Gasteiger partial charge in [-0.05, 0) is 38.3 Å². The van der Waals surface area contributed by atoms with Crippen LogP contribution in [-0.4, -0.2) is 86.0 Å². The molecule has 0 aliphatic carbocycles. The van der Waals surface area contributed by atoms with Gasteiger partial charge < -0.3 is 29.8 Å². The molecular formula is C24H50FmN3O6-. The minimum absolute atomic E-state index is 0. The summed E-state index contributed by atoms with van der Waals surface area (Å²) in [7, 11) is 5.19. The van der Waals surface area contributed by atoms with E-state index in [9.17, 15) is 14.4 Å². The topological polar surface area (TPSA) is 116 Å². The Labute approximate surface area is 202 Å². The van der Waals surface area contributed by atoms with Gasteiger partial charge in [0.25, 0.3) is 6.47 Å². The molecular weight excluding hydrogens is 683 g/mol. The van der Waals surface area contributed by atoms with Crippen molar-refractivity contribution in [1.82, 2.24) is 15.1 Å². The third-order valence-electron chi connectivity index (χ3n) is 5.21. The summed E-state index contributed by atoms with van der Waals surface area (Å²) in [6.45, 7) is 16.5. The van der Waals surface area contributed by atoms with Crippen LogP contribution >= 0.6 is 0 Å². The van der Waals surface area contributed by atoms with Gasteiger partial charge >= 0.3 is 0 Å². The summed E-state index contributed by atoms with van der Waals surface area (Å²) in [4.78, 5) is 43.9. The quantitative estimate of drug-likeness (QED) is 0.181. The number of hydrogen-bond acceptors (Lipinski definition) is 5. The van der Waals surface area contributed by atoms with E-state index in [-0.39, 0.29) is 31.1 Å². The molecule has 9 nitrogen and oxygen atoms in total. The van der Waals surface area contributed by atoms with E-state index in [2.05, 4.69) is 46.9 Å². The van der Waals surface area contributed by atoms with Crippen molar-refractivity contribution in [3.05, 3.63) is 0 Å². The zero-order valence-corrected chi connectivity index (χ0v) is 25.4. The van der Waals surface area contributed by atoms with Crippen LogP contribution in [0.15, 0.2) is 0 Å². The average molecular weight is 734 g/mol.